The Balaban J connectivity index is 2.50. The predicted octanol–water partition coefficient (Wildman–Crippen LogP) is 1.82. The van der Waals surface area contributed by atoms with Crippen LogP contribution < -0.4 is 5.32 Å². The van der Waals surface area contributed by atoms with Crippen molar-refractivity contribution in [2.45, 2.75) is 6.42 Å². The van der Waals surface area contributed by atoms with E-state index in [2.05, 4.69) is 5.32 Å². The number of nitrogens with zero attached hydrogens (tertiary/aromatic N) is 1. The summed E-state index contributed by atoms with van der Waals surface area (Å²) in [5, 5.41) is 11.3. The number of anilines is 1. The van der Waals surface area contributed by atoms with E-state index in [0.717, 1.165) is 12.0 Å². The van der Waals surface area contributed by atoms with Gasteiger partial charge in [0, 0.05) is 17.8 Å². The van der Waals surface area contributed by atoms with Crippen LogP contribution in [-0.4, -0.2) is 12.8 Å². The molecule has 0 aliphatic rings. The standard InChI is InChI=1S/C10H10N2O/c11-6-1-7-12-10-4-2-9(8-13)3-5-10/h2-5,8,12H,1,7H2. The number of aldehydes is 1. The molecule has 3 nitrogen and oxygen atoms in total. The van der Waals surface area contributed by atoms with Crippen LogP contribution in [0.15, 0.2) is 24.3 Å². The summed E-state index contributed by atoms with van der Waals surface area (Å²) in [5.74, 6) is 0. The van der Waals surface area contributed by atoms with Gasteiger partial charge in [0.1, 0.15) is 6.29 Å². The summed E-state index contributed by atoms with van der Waals surface area (Å²) < 4.78 is 0. The monoisotopic (exact) mass is 174 g/mol. The summed E-state index contributed by atoms with van der Waals surface area (Å²) >= 11 is 0. The van der Waals surface area contributed by atoms with Crippen LogP contribution in [0.2, 0.25) is 0 Å². The first-order valence-electron chi connectivity index (χ1n) is 4.03. The number of nitrogens with one attached hydrogen (secondary N) is 1. The second-order valence-electron chi connectivity index (χ2n) is 2.57. The number of rotatable bonds is 4. The minimum absolute atomic E-state index is 0.482. The summed E-state index contributed by atoms with van der Waals surface area (Å²) in [5.41, 5.74) is 1.59. The quantitative estimate of drug-likeness (QED) is 0.559. The third-order valence-electron chi connectivity index (χ3n) is 1.61. The van der Waals surface area contributed by atoms with Gasteiger partial charge in [0.15, 0.2) is 0 Å². The first-order valence-corrected chi connectivity index (χ1v) is 4.03. The van der Waals surface area contributed by atoms with Gasteiger partial charge in [-0.25, -0.2) is 0 Å². The van der Waals surface area contributed by atoms with E-state index in [1.54, 1.807) is 12.1 Å². The third kappa shape index (κ3) is 2.96. The number of carbonyl (C=O) groups excluding carboxylic acids is 1. The van der Waals surface area contributed by atoms with Crippen molar-refractivity contribution < 1.29 is 4.79 Å². The molecule has 1 rings (SSSR count). The lowest BCUT2D eigenvalue weighted by atomic mass is 10.2. The van der Waals surface area contributed by atoms with Gasteiger partial charge in [0.2, 0.25) is 0 Å². The van der Waals surface area contributed by atoms with Gasteiger partial charge in [-0.15, -0.1) is 0 Å². The predicted molar refractivity (Wildman–Crippen MR) is 50.5 cm³/mol. The fraction of sp³-hybridized carbons (Fsp3) is 0.200. The number of carbonyl (C=O) groups is 1. The van der Waals surface area contributed by atoms with Gasteiger partial charge in [0.05, 0.1) is 12.5 Å². The van der Waals surface area contributed by atoms with Crippen LogP contribution in [0.25, 0.3) is 0 Å². The summed E-state index contributed by atoms with van der Waals surface area (Å²) in [6, 6.07) is 9.16. The van der Waals surface area contributed by atoms with Crippen LogP contribution in [0.3, 0.4) is 0 Å². The molecule has 0 atom stereocenters. The molecule has 1 aromatic rings. The molecule has 0 heterocycles. The first kappa shape index (κ1) is 9.27. The molecular weight excluding hydrogens is 164 g/mol. The Kier molecular flexibility index (Phi) is 3.52. The molecule has 0 amide bonds. The summed E-state index contributed by atoms with van der Waals surface area (Å²) in [4.78, 5) is 10.3. The maximum atomic E-state index is 10.3. The van der Waals surface area contributed by atoms with Crippen molar-refractivity contribution >= 4 is 12.0 Å². The fourth-order valence-electron chi connectivity index (χ4n) is 0.942. The maximum Gasteiger partial charge on any atom is 0.150 e. The molecule has 0 saturated heterocycles. The third-order valence-corrected chi connectivity index (χ3v) is 1.61. The van der Waals surface area contributed by atoms with Gasteiger partial charge >= 0.3 is 0 Å². The van der Waals surface area contributed by atoms with E-state index in [-0.39, 0.29) is 0 Å². The van der Waals surface area contributed by atoms with Gasteiger partial charge in [0.25, 0.3) is 0 Å². The highest BCUT2D eigenvalue weighted by molar-refractivity contribution is 5.75. The van der Waals surface area contributed by atoms with Gasteiger partial charge < -0.3 is 5.32 Å². The van der Waals surface area contributed by atoms with Gasteiger partial charge in [-0.2, -0.15) is 5.26 Å². The fourth-order valence-corrected chi connectivity index (χ4v) is 0.942. The summed E-state index contributed by atoms with van der Waals surface area (Å²) in [6.45, 7) is 0.636. The highest BCUT2D eigenvalue weighted by Gasteiger charge is 1.91. The molecule has 0 radical (unpaired) electrons. The number of hydrogen-bond donors (Lipinski definition) is 1. The second-order valence-corrected chi connectivity index (χ2v) is 2.57. The van der Waals surface area contributed by atoms with E-state index in [4.69, 9.17) is 5.26 Å². The van der Waals surface area contributed by atoms with Gasteiger partial charge in [-0.05, 0) is 24.3 Å². The molecule has 0 spiro atoms. The molecule has 1 aromatic carbocycles. The number of benzene rings is 1. The Morgan fingerprint density at radius 2 is 2.08 bits per heavy atom. The molecule has 0 aliphatic heterocycles. The molecule has 0 aliphatic carbocycles. The highest BCUT2D eigenvalue weighted by Crippen LogP contribution is 2.07. The molecule has 0 unspecified atom stereocenters. The van der Waals surface area contributed by atoms with E-state index in [1.165, 1.54) is 0 Å². The van der Waals surface area contributed by atoms with Crippen LogP contribution >= 0.6 is 0 Å². The van der Waals surface area contributed by atoms with Crippen molar-refractivity contribution in [3.8, 4) is 6.07 Å². The minimum atomic E-state index is 0.482. The molecule has 0 bridgehead atoms. The van der Waals surface area contributed by atoms with Crippen LogP contribution in [-0.2, 0) is 0 Å². The Morgan fingerprint density at radius 3 is 2.62 bits per heavy atom. The Bertz CT molecular complexity index is 311. The minimum Gasteiger partial charge on any atom is -0.384 e. The zero-order valence-electron chi connectivity index (χ0n) is 7.16. The molecule has 3 heteroatoms. The lowest BCUT2D eigenvalue weighted by Crippen LogP contribution is -1.99. The zero-order valence-corrected chi connectivity index (χ0v) is 7.16. The summed E-state index contributed by atoms with van der Waals surface area (Å²) in [7, 11) is 0. The lowest BCUT2D eigenvalue weighted by molar-refractivity contribution is 0.112. The van der Waals surface area contributed by atoms with Crippen molar-refractivity contribution in [2.24, 2.45) is 0 Å². The number of hydrogen-bond acceptors (Lipinski definition) is 3. The van der Waals surface area contributed by atoms with E-state index in [0.29, 0.717) is 18.5 Å². The average molecular weight is 174 g/mol. The van der Waals surface area contributed by atoms with Crippen LogP contribution in [0.1, 0.15) is 16.8 Å². The van der Waals surface area contributed by atoms with Crippen molar-refractivity contribution in [1.82, 2.24) is 0 Å². The SMILES string of the molecule is N#CCCNc1ccc(C=O)cc1. The van der Waals surface area contributed by atoms with E-state index in [1.807, 2.05) is 18.2 Å². The van der Waals surface area contributed by atoms with Crippen molar-refractivity contribution in [3.63, 3.8) is 0 Å². The maximum absolute atomic E-state index is 10.3. The van der Waals surface area contributed by atoms with E-state index >= 15 is 0 Å². The Hall–Kier alpha value is -1.82. The molecule has 0 aromatic heterocycles. The Morgan fingerprint density at radius 1 is 1.38 bits per heavy atom. The van der Waals surface area contributed by atoms with Gasteiger partial charge in [-0.3, -0.25) is 4.79 Å². The average Bonchev–Trinajstić information content (AvgIpc) is 2.19. The first-order chi connectivity index (χ1) is 6.36. The summed E-state index contributed by atoms with van der Waals surface area (Å²) in [6.07, 6.45) is 1.29. The second kappa shape index (κ2) is 4.94. The molecule has 0 fully saturated rings. The van der Waals surface area contributed by atoms with Gasteiger partial charge in [-0.1, -0.05) is 0 Å². The van der Waals surface area contributed by atoms with Crippen LogP contribution in [0.5, 0.6) is 0 Å². The van der Waals surface area contributed by atoms with Crippen molar-refractivity contribution in [1.29, 1.82) is 5.26 Å². The Labute approximate surface area is 77.0 Å². The largest absolute Gasteiger partial charge is 0.384 e. The molecule has 66 valence electrons. The normalized spacial score (nSPS) is 8.85. The lowest BCUT2D eigenvalue weighted by Gasteiger charge is -2.02. The molecule has 13 heavy (non-hydrogen) atoms. The highest BCUT2D eigenvalue weighted by atomic mass is 16.1. The van der Waals surface area contributed by atoms with Crippen molar-refractivity contribution in [3.05, 3.63) is 29.8 Å². The topological polar surface area (TPSA) is 52.9 Å². The molecule has 0 saturated carbocycles. The molecule has 1 N–H and O–H groups in total. The van der Waals surface area contributed by atoms with Crippen molar-refractivity contribution in [2.75, 3.05) is 11.9 Å². The van der Waals surface area contributed by atoms with Crippen LogP contribution in [0, 0.1) is 11.3 Å². The number of nitriles is 1. The molecular formula is C10H10N2O. The smallest absolute Gasteiger partial charge is 0.150 e. The van der Waals surface area contributed by atoms with E-state index in [9.17, 15) is 4.79 Å². The zero-order chi connectivity index (χ0) is 9.52. The van der Waals surface area contributed by atoms with Crippen LogP contribution in [0.4, 0.5) is 5.69 Å². The van der Waals surface area contributed by atoms with E-state index < -0.39 is 0 Å².